The lowest BCUT2D eigenvalue weighted by Gasteiger charge is -2.28. The summed E-state index contributed by atoms with van der Waals surface area (Å²) in [4.78, 5) is 16.9. The molecule has 1 unspecified atom stereocenters. The van der Waals surface area contributed by atoms with Crippen LogP contribution in [0.4, 0.5) is 11.4 Å². The Morgan fingerprint density at radius 3 is 2.06 bits per heavy atom. The summed E-state index contributed by atoms with van der Waals surface area (Å²) in [6.45, 7) is 5.39. The predicted octanol–water partition coefficient (Wildman–Crippen LogP) is 4.08. The van der Waals surface area contributed by atoms with Crippen LogP contribution < -0.4 is 9.62 Å². The van der Waals surface area contributed by atoms with Crippen LogP contribution in [0.3, 0.4) is 0 Å². The van der Waals surface area contributed by atoms with E-state index in [0.29, 0.717) is 11.4 Å². The van der Waals surface area contributed by atoms with Crippen molar-refractivity contribution in [3.8, 4) is 0 Å². The van der Waals surface area contributed by atoms with Gasteiger partial charge >= 0.3 is 0 Å². The molecule has 1 atom stereocenters. The first-order valence-electron chi connectivity index (χ1n) is 10.00. The third kappa shape index (κ3) is 5.92. The van der Waals surface area contributed by atoms with Gasteiger partial charge in [-0.25, -0.2) is 8.42 Å². The maximum atomic E-state index is 12.9. The lowest BCUT2D eigenvalue weighted by molar-refractivity contribution is -0.116. The summed E-state index contributed by atoms with van der Waals surface area (Å²) in [7, 11) is -3.66. The molecule has 3 aromatic rings. The summed E-state index contributed by atoms with van der Waals surface area (Å²) in [5.41, 5.74) is 5.21. The van der Waals surface area contributed by atoms with Gasteiger partial charge in [0.05, 0.1) is 11.9 Å². The van der Waals surface area contributed by atoms with Gasteiger partial charge in [-0.3, -0.25) is 14.1 Å². The summed E-state index contributed by atoms with van der Waals surface area (Å²) in [6, 6.07) is 16.0. The number of nitrogens with zero attached hydrogens (tertiary/aromatic N) is 2. The minimum absolute atomic E-state index is 0.397. The Morgan fingerprint density at radius 1 is 0.968 bits per heavy atom. The van der Waals surface area contributed by atoms with E-state index in [1.54, 1.807) is 31.5 Å². The van der Waals surface area contributed by atoms with E-state index >= 15 is 0 Å². The first-order valence-corrected chi connectivity index (χ1v) is 11.8. The molecular weight excluding hydrogens is 410 g/mol. The van der Waals surface area contributed by atoms with Crippen LogP contribution in [0.25, 0.3) is 0 Å². The fourth-order valence-corrected chi connectivity index (χ4v) is 4.73. The van der Waals surface area contributed by atoms with Crippen LogP contribution in [0.1, 0.15) is 29.2 Å². The molecule has 0 saturated heterocycles. The van der Waals surface area contributed by atoms with E-state index in [1.165, 1.54) is 4.31 Å². The zero-order valence-electron chi connectivity index (χ0n) is 18.2. The van der Waals surface area contributed by atoms with Gasteiger partial charge in [0.15, 0.2) is 0 Å². The highest BCUT2D eigenvalue weighted by Gasteiger charge is 2.29. The number of sulfonamides is 1. The van der Waals surface area contributed by atoms with Crippen LogP contribution >= 0.6 is 0 Å². The van der Waals surface area contributed by atoms with Crippen LogP contribution in [0.15, 0.2) is 67.0 Å². The molecule has 7 heteroatoms. The predicted molar refractivity (Wildman–Crippen MR) is 125 cm³/mol. The summed E-state index contributed by atoms with van der Waals surface area (Å²) >= 11 is 0. The van der Waals surface area contributed by atoms with E-state index in [-0.39, 0.29) is 0 Å². The molecule has 31 heavy (non-hydrogen) atoms. The van der Waals surface area contributed by atoms with Crippen molar-refractivity contribution in [3.63, 3.8) is 0 Å². The summed E-state index contributed by atoms with van der Waals surface area (Å²) in [6.07, 6.45) is 5.40. The Bertz CT molecular complexity index is 1140. The molecule has 0 aliphatic rings. The van der Waals surface area contributed by atoms with E-state index in [9.17, 15) is 13.2 Å². The molecule has 162 valence electrons. The number of carbonyl (C=O) groups excluding carboxylic acids is 1. The molecule has 2 aromatic carbocycles. The number of rotatable bonds is 7. The van der Waals surface area contributed by atoms with Crippen LogP contribution in [-0.4, -0.2) is 31.6 Å². The van der Waals surface area contributed by atoms with Crippen LogP contribution in [0, 0.1) is 13.8 Å². The molecular formula is C24H27N3O3S. The Balaban J connectivity index is 1.76. The van der Waals surface area contributed by atoms with E-state index in [4.69, 9.17) is 0 Å². The van der Waals surface area contributed by atoms with Crippen molar-refractivity contribution in [1.82, 2.24) is 4.98 Å². The molecule has 0 fully saturated rings. The van der Waals surface area contributed by atoms with Gasteiger partial charge in [-0.05, 0) is 85.8 Å². The van der Waals surface area contributed by atoms with Crippen molar-refractivity contribution >= 4 is 27.3 Å². The molecule has 1 heterocycles. The number of amides is 1. The van der Waals surface area contributed by atoms with E-state index in [1.807, 2.05) is 56.3 Å². The van der Waals surface area contributed by atoms with Gasteiger partial charge in [0.25, 0.3) is 0 Å². The monoisotopic (exact) mass is 437 g/mol. The highest BCUT2D eigenvalue weighted by Crippen LogP contribution is 2.24. The number of pyridine rings is 1. The molecule has 3 rings (SSSR count). The van der Waals surface area contributed by atoms with Crippen molar-refractivity contribution in [3.05, 3.63) is 89.2 Å². The van der Waals surface area contributed by atoms with Gasteiger partial charge in [0, 0.05) is 18.1 Å². The van der Waals surface area contributed by atoms with Gasteiger partial charge in [0.1, 0.15) is 6.04 Å². The molecule has 0 radical (unpaired) electrons. The van der Waals surface area contributed by atoms with Gasteiger partial charge in [-0.2, -0.15) is 0 Å². The normalized spacial score (nSPS) is 12.3. The first kappa shape index (κ1) is 22.5. The fraction of sp³-hybridized carbons (Fsp3) is 0.250. The first-order chi connectivity index (χ1) is 14.6. The van der Waals surface area contributed by atoms with E-state index in [0.717, 1.165) is 34.9 Å². The largest absolute Gasteiger partial charge is 0.324 e. The van der Waals surface area contributed by atoms with Crippen molar-refractivity contribution in [2.24, 2.45) is 0 Å². The lowest BCUT2D eigenvalue weighted by Crippen LogP contribution is -2.45. The minimum atomic E-state index is -3.66. The Morgan fingerprint density at radius 2 is 1.52 bits per heavy atom. The number of nitrogens with one attached hydrogen (secondary N) is 1. The smallest absolute Gasteiger partial charge is 0.247 e. The van der Waals surface area contributed by atoms with Gasteiger partial charge in [-0.15, -0.1) is 0 Å². The van der Waals surface area contributed by atoms with Crippen LogP contribution in [0.2, 0.25) is 0 Å². The number of hydrogen-bond acceptors (Lipinski definition) is 4. The second kappa shape index (κ2) is 9.31. The maximum absolute atomic E-state index is 12.9. The van der Waals surface area contributed by atoms with Crippen LogP contribution in [0.5, 0.6) is 0 Å². The molecule has 0 aliphatic carbocycles. The van der Waals surface area contributed by atoms with E-state index in [2.05, 4.69) is 10.3 Å². The SMILES string of the molecule is Cc1cc(C)cc(N(C(C)C(=O)Nc2ccc(Cc3ccncc3)cc2)S(C)(=O)=O)c1. The summed E-state index contributed by atoms with van der Waals surface area (Å²) < 4.78 is 26.2. The molecule has 1 N–H and O–H groups in total. The van der Waals surface area contributed by atoms with Crippen LogP contribution in [-0.2, 0) is 21.2 Å². The number of aryl methyl sites for hydroxylation is 2. The average molecular weight is 438 g/mol. The molecule has 1 amide bonds. The third-order valence-electron chi connectivity index (χ3n) is 4.93. The Hall–Kier alpha value is -3.19. The molecule has 0 spiro atoms. The van der Waals surface area contributed by atoms with Crippen molar-refractivity contribution < 1.29 is 13.2 Å². The van der Waals surface area contributed by atoms with Gasteiger partial charge < -0.3 is 5.32 Å². The third-order valence-corrected chi connectivity index (χ3v) is 6.17. The maximum Gasteiger partial charge on any atom is 0.247 e. The minimum Gasteiger partial charge on any atom is -0.324 e. The number of carbonyl (C=O) groups is 1. The summed E-state index contributed by atoms with van der Waals surface area (Å²) in [5.74, 6) is -0.397. The Labute approximate surface area is 184 Å². The fourth-order valence-electron chi connectivity index (χ4n) is 3.58. The number of anilines is 2. The zero-order valence-corrected chi connectivity index (χ0v) is 19.0. The molecule has 0 saturated carbocycles. The number of benzene rings is 2. The average Bonchev–Trinajstić information content (AvgIpc) is 2.68. The van der Waals surface area contributed by atoms with Crippen molar-refractivity contribution in [2.45, 2.75) is 33.2 Å². The van der Waals surface area contributed by atoms with E-state index < -0.39 is 22.0 Å². The second-order valence-electron chi connectivity index (χ2n) is 7.80. The molecule has 1 aromatic heterocycles. The Kier molecular flexibility index (Phi) is 6.75. The molecule has 0 bridgehead atoms. The number of aromatic nitrogens is 1. The molecule has 6 nitrogen and oxygen atoms in total. The van der Waals surface area contributed by atoms with Gasteiger partial charge in [-0.1, -0.05) is 18.2 Å². The number of hydrogen-bond donors (Lipinski definition) is 1. The topological polar surface area (TPSA) is 79.4 Å². The lowest BCUT2D eigenvalue weighted by atomic mass is 10.1. The molecule has 0 aliphatic heterocycles. The standard InChI is InChI=1S/C24H27N3O3S/c1-17-13-18(2)15-23(14-17)27(31(4,29)30)19(3)24(28)26-22-7-5-20(6-8-22)16-21-9-11-25-12-10-21/h5-15,19H,16H2,1-4H3,(H,26,28). The zero-order chi connectivity index (χ0) is 22.6. The van der Waals surface area contributed by atoms with Crippen molar-refractivity contribution in [1.29, 1.82) is 0 Å². The highest BCUT2D eigenvalue weighted by atomic mass is 32.2. The van der Waals surface area contributed by atoms with Gasteiger partial charge in [0.2, 0.25) is 15.9 Å². The highest BCUT2D eigenvalue weighted by molar-refractivity contribution is 7.92. The van der Waals surface area contributed by atoms with Crippen molar-refractivity contribution in [2.75, 3.05) is 15.9 Å². The second-order valence-corrected chi connectivity index (χ2v) is 9.66. The summed E-state index contributed by atoms with van der Waals surface area (Å²) in [5, 5.41) is 2.83. The quantitative estimate of drug-likeness (QED) is 0.604.